The van der Waals surface area contributed by atoms with Crippen LogP contribution in [0, 0.1) is 0 Å². The summed E-state index contributed by atoms with van der Waals surface area (Å²) in [4.78, 5) is 32.7. The van der Waals surface area contributed by atoms with Crippen LogP contribution < -0.4 is 0 Å². The zero-order valence-electron chi connectivity index (χ0n) is 10.0. The molecule has 5 N–H and O–H groups in total. The molecule has 1 aliphatic rings. The minimum absolute atomic E-state index is 0.0376. The van der Waals surface area contributed by atoms with E-state index in [9.17, 15) is 9.90 Å². The van der Waals surface area contributed by atoms with Crippen LogP contribution in [0.25, 0.3) is 0 Å². The zero-order chi connectivity index (χ0) is 14.4. The van der Waals surface area contributed by atoms with Crippen LogP contribution in [0.15, 0.2) is 0 Å². The fourth-order valence-electron chi connectivity index (χ4n) is 1.05. The van der Waals surface area contributed by atoms with Gasteiger partial charge in [0, 0.05) is 6.61 Å². The lowest BCUT2D eigenvalue weighted by Gasteiger charge is -2.20. The summed E-state index contributed by atoms with van der Waals surface area (Å²) in [5.41, 5.74) is -1.14. The van der Waals surface area contributed by atoms with Gasteiger partial charge < -0.3 is 29.6 Å². The third-order valence-electron chi connectivity index (χ3n) is 2.00. The van der Waals surface area contributed by atoms with Crippen molar-refractivity contribution in [2.24, 2.45) is 0 Å². The minimum Gasteiger partial charge on any atom is -0.462 e. The quantitative estimate of drug-likeness (QED) is 0.329. The van der Waals surface area contributed by atoms with E-state index in [2.05, 4.69) is 0 Å². The molecule has 0 aliphatic heterocycles. The van der Waals surface area contributed by atoms with Gasteiger partial charge in [-0.05, 0) is 26.2 Å². The van der Waals surface area contributed by atoms with Gasteiger partial charge in [0.1, 0.15) is 6.10 Å². The molecule has 1 atom stereocenters. The molecule has 1 rings (SSSR count). The number of aliphatic hydroxyl groups is 2. The fraction of sp³-hybridized carbons (Fsp3) is 0.889. The Morgan fingerprint density at radius 3 is 2.17 bits per heavy atom. The highest BCUT2D eigenvalue weighted by Crippen LogP contribution is 2.26. The molecule has 0 aromatic carbocycles. The number of carbonyl (C=O) groups is 1. The third kappa shape index (κ3) is 13.6. The summed E-state index contributed by atoms with van der Waals surface area (Å²) >= 11 is 0. The van der Waals surface area contributed by atoms with Crippen LogP contribution in [0.4, 0.5) is 0 Å². The van der Waals surface area contributed by atoms with Crippen molar-refractivity contribution in [1.82, 2.24) is 0 Å². The maximum absolute atomic E-state index is 11.1. The first-order chi connectivity index (χ1) is 8.03. The molecule has 0 aromatic heterocycles. The van der Waals surface area contributed by atoms with Gasteiger partial charge in [0.05, 0.1) is 12.0 Å². The summed E-state index contributed by atoms with van der Waals surface area (Å²) in [5.74, 6) is -0.374. The first-order valence-electron chi connectivity index (χ1n) is 5.34. The number of esters is 1. The van der Waals surface area contributed by atoms with Gasteiger partial charge in [-0.1, -0.05) is 0 Å². The van der Waals surface area contributed by atoms with E-state index in [1.807, 2.05) is 0 Å². The lowest BCUT2D eigenvalue weighted by Crippen LogP contribution is -2.30. The molecule has 0 spiro atoms. The molecule has 108 valence electrons. The Kier molecular flexibility index (Phi) is 6.98. The van der Waals surface area contributed by atoms with Crippen molar-refractivity contribution in [2.75, 3.05) is 6.61 Å². The van der Waals surface area contributed by atoms with Crippen LogP contribution in [0.5, 0.6) is 0 Å². The molecule has 1 aliphatic carbocycles. The van der Waals surface area contributed by atoms with Crippen molar-refractivity contribution in [3.05, 3.63) is 0 Å². The van der Waals surface area contributed by atoms with Gasteiger partial charge in [0.15, 0.2) is 0 Å². The number of phosphoric acid groups is 1. The van der Waals surface area contributed by atoms with Crippen molar-refractivity contribution in [1.29, 1.82) is 0 Å². The second-order valence-corrected chi connectivity index (χ2v) is 5.38. The second-order valence-electron chi connectivity index (χ2n) is 4.35. The van der Waals surface area contributed by atoms with E-state index in [0.717, 1.165) is 12.8 Å². The number of rotatable bonds is 5. The van der Waals surface area contributed by atoms with Crippen molar-refractivity contribution in [3.8, 4) is 0 Å². The smallest absolute Gasteiger partial charge is 0.462 e. The number of aliphatic hydroxyl groups excluding tert-OH is 1. The highest BCUT2D eigenvalue weighted by Gasteiger charge is 2.30. The molecule has 0 aromatic rings. The molecule has 0 unspecified atom stereocenters. The van der Waals surface area contributed by atoms with E-state index >= 15 is 0 Å². The SMILES string of the molecule is C[C@@](O)(CCO)CC(=O)OC1CC1.O=P(O)(O)O. The summed E-state index contributed by atoms with van der Waals surface area (Å²) in [7, 11) is -4.64. The van der Waals surface area contributed by atoms with Crippen LogP contribution in [0.2, 0.25) is 0 Å². The molecule has 0 radical (unpaired) electrons. The Labute approximate surface area is 104 Å². The van der Waals surface area contributed by atoms with Gasteiger partial charge in [0.2, 0.25) is 0 Å². The Morgan fingerprint density at radius 2 is 1.83 bits per heavy atom. The van der Waals surface area contributed by atoms with E-state index in [1.165, 1.54) is 6.92 Å². The Balaban J connectivity index is 0.000000494. The fourth-order valence-corrected chi connectivity index (χ4v) is 1.05. The predicted octanol–water partition coefficient (Wildman–Crippen LogP) is -0.713. The van der Waals surface area contributed by atoms with E-state index in [1.54, 1.807) is 0 Å². The Bertz CT molecular complexity index is 297. The van der Waals surface area contributed by atoms with Crippen LogP contribution in [-0.4, -0.2) is 49.2 Å². The topological polar surface area (TPSA) is 145 Å². The average Bonchev–Trinajstić information content (AvgIpc) is 2.82. The molecule has 18 heavy (non-hydrogen) atoms. The third-order valence-corrected chi connectivity index (χ3v) is 2.00. The van der Waals surface area contributed by atoms with Crippen molar-refractivity contribution < 1.29 is 39.0 Å². The van der Waals surface area contributed by atoms with Crippen molar-refractivity contribution in [3.63, 3.8) is 0 Å². The van der Waals surface area contributed by atoms with Gasteiger partial charge in [-0.25, -0.2) is 4.57 Å². The first-order valence-corrected chi connectivity index (χ1v) is 6.91. The standard InChI is InChI=1S/C9H16O4.H3O4P/c1-9(12,4-5-10)6-8(11)13-7-2-3-7;1-5(2,3)4/h7,10,12H,2-6H2,1H3;(H3,1,2,3,4)/t9-;/m1./s1. The van der Waals surface area contributed by atoms with Gasteiger partial charge >= 0.3 is 13.8 Å². The molecule has 0 amide bonds. The lowest BCUT2D eigenvalue weighted by atomic mass is 9.99. The highest BCUT2D eigenvalue weighted by atomic mass is 31.2. The molecular weight excluding hydrogens is 267 g/mol. The molecular formula is C9H19O8P. The number of hydrogen-bond acceptors (Lipinski definition) is 5. The molecule has 0 bridgehead atoms. The Morgan fingerprint density at radius 1 is 1.39 bits per heavy atom. The van der Waals surface area contributed by atoms with Crippen molar-refractivity contribution >= 4 is 13.8 Å². The Hall–Kier alpha value is -0.500. The summed E-state index contributed by atoms with van der Waals surface area (Å²) in [5, 5.41) is 18.2. The highest BCUT2D eigenvalue weighted by molar-refractivity contribution is 7.45. The van der Waals surface area contributed by atoms with Crippen molar-refractivity contribution in [2.45, 2.75) is 44.3 Å². The normalized spacial score (nSPS) is 18.3. The molecule has 9 heteroatoms. The van der Waals surface area contributed by atoms with E-state index in [4.69, 9.17) is 29.1 Å². The van der Waals surface area contributed by atoms with E-state index in [-0.39, 0.29) is 31.5 Å². The van der Waals surface area contributed by atoms with Crippen LogP contribution in [-0.2, 0) is 14.1 Å². The molecule has 1 fully saturated rings. The van der Waals surface area contributed by atoms with Gasteiger partial charge in [-0.2, -0.15) is 0 Å². The number of carbonyl (C=O) groups excluding carboxylic acids is 1. The zero-order valence-corrected chi connectivity index (χ0v) is 10.9. The molecule has 0 saturated heterocycles. The van der Waals surface area contributed by atoms with Gasteiger partial charge in [-0.15, -0.1) is 0 Å². The largest absolute Gasteiger partial charge is 0.466 e. The first kappa shape index (κ1) is 17.5. The summed E-state index contributed by atoms with van der Waals surface area (Å²) in [6.07, 6.45) is 2.12. The summed E-state index contributed by atoms with van der Waals surface area (Å²) < 4.78 is 13.8. The van der Waals surface area contributed by atoms with Crippen LogP contribution >= 0.6 is 7.82 Å². The predicted molar refractivity (Wildman–Crippen MR) is 60.3 cm³/mol. The average molecular weight is 286 g/mol. The monoisotopic (exact) mass is 286 g/mol. The van der Waals surface area contributed by atoms with E-state index in [0.29, 0.717) is 0 Å². The lowest BCUT2D eigenvalue weighted by molar-refractivity contribution is -0.150. The second kappa shape index (κ2) is 7.18. The number of ether oxygens (including phenoxy) is 1. The molecule has 8 nitrogen and oxygen atoms in total. The summed E-state index contributed by atoms with van der Waals surface area (Å²) in [6, 6.07) is 0. The van der Waals surface area contributed by atoms with Crippen LogP contribution in [0.3, 0.4) is 0 Å². The van der Waals surface area contributed by atoms with E-state index < -0.39 is 13.4 Å². The maximum Gasteiger partial charge on any atom is 0.466 e. The summed E-state index contributed by atoms with van der Waals surface area (Å²) in [6.45, 7) is 1.40. The van der Waals surface area contributed by atoms with Gasteiger partial charge in [0.25, 0.3) is 0 Å². The van der Waals surface area contributed by atoms with Crippen LogP contribution in [0.1, 0.15) is 32.6 Å². The number of hydrogen-bond donors (Lipinski definition) is 5. The molecule has 0 heterocycles. The maximum atomic E-state index is 11.1. The van der Waals surface area contributed by atoms with Gasteiger partial charge in [-0.3, -0.25) is 4.79 Å². The molecule has 1 saturated carbocycles. The minimum atomic E-state index is -4.64.